The first-order valence-corrected chi connectivity index (χ1v) is 11.7. The number of ketones is 1. The summed E-state index contributed by atoms with van der Waals surface area (Å²) in [4.78, 5) is 17.3. The van der Waals surface area contributed by atoms with Gasteiger partial charge in [-0.25, -0.2) is 4.39 Å². The van der Waals surface area contributed by atoms with Gasteiger partial charge in [-0.3, -0.25) is 9.78 Å². The van der Waals surface area contributed by atoms with Crippen LogP contribution in [-0.2, 0) is 0 Å². The quantitative estimate of drug-likeness (QED) is 0.304. The monoisotopic (exact) mass is 481 g/mol. The molecule has 0 fully saturated rings. The highest BCUT2D eigenvalue weighted by Gasteiger charge is 2.17. The fourth-order valence-electron chi connectivity index (χ4n) is 3.68. The normalized spacial score (nSPS) is 12.0. The molecule has 0 aliphatic carbocycles. The third-order valence-electron chi connectivity index (χ3n) is 5.42. The van der Waals surface area contributed by atoms with E-state index >= 15 is 0 Å². The number of pyridine rings is 1. The number of hydrogen-bond acceptors (Lipinski definition) is 7. The van der Waals surface area contributed by atoms with Crippen molar-refractivity contribution in [1.29, 1.82) is 0 Å². The highest BCUT2D eigenvalue weighted by molar-refractivity contribution is 7.17. The number of carbonyl (C=O) groups excluding carboxylic acids is 1. The van der Waals surface area contributed by atoms with Gasteiger partial charge in [-0.2, -0.15) is 0 Å². The molecule has 2 aromatic heterocycles. The summed E-state index contributed by atoms with van der Waals surface area (Å²) < 4.78 is 25.3. The third kappa shape index (κ3) is 5.09. The van der Waals surface area contributed by atoms with E-state index in [2.05, 4.69) is 4.98 Å². The summed E-state index contributed by atoms with van der Waals surface area (Å²) in [7, 11) is 1.48. The van der Waals surface area contributed by atoms with E-state index in [1.165, 1.54) is 24.5 Å². The molecular formula is C26H24FNO5S. The second-order valence-corrected chi connectivity index (χ2v) is 8.51. The molecule has 2 heterocycles. The number of nitrogens with zero attached hydrogens (tertiary/aromatic N) is 1. The van der Waals surface area contributed by atoms with Crippen molar-refractivity contribution >= 4 is 27.2 Å². The Balaban J connectivity index is 1.46. The van der Waals surface area contributed by atoms with Crippen molar-refractivity contribution in [2.75, 3.05) is 20.3 Å². The highest BCUT2D eigenvalue weighted by atomic mass is 32.1. The second kappa shape index (κ2) is 10.7. The molecule has 4 aromatic rings. The number of rotatable bonds is 10. The number of halogens is 1. The van der Waals surface area contributed by atoms with Crippen molar-refractivity contribution in [2.24, 2.45) is 0 Å². The van der Waals surface area contributed by atoms with Crippen molar-refractivity contribution in [3.05, 3.63) is 77.1 Å². The molecule has 34 heavy (non-hydrogen) atoms. The number of benzene rings is 2. The number of Topliss-reactive ketones (excluding diaryl/α,β-unsaturated/α-hetero) is 1. The van der Waals surface area contributed by atoms with Crippen LogP contribution in [0.5, 0.6) is 11.5 Å². The summed E-state index contributed by atoms with van der Waals surface area (Å²) in [5, 5.41) is 22.2. The van der Waals surface area contributed by atoms with Crippen LogP contribution in [0.1, 0.15) is 35.0 Å². The topological polar surface area (TPSA) is 88.9 Å². The number of carbonyl (C=O) groups is 1. The molecule has 2 aromatic carbocycles. The van der Waals surface area contributed by atoms with Gasteiger partial charge in [0.1, 0.15) is 12.4 Å². The minimum absolute atomic E-state index is 0.111. The second-order valence-electron chi connectivity index (χ2n) is 7.63. The van der Waals surface area contributed by atoms with Gasteiger partial charge in [-0.15, -0.1) is 11.3 Å². The van der Waals surface area contributed by atoms with Crippen molar-refractivity contribution in [3.8, 4) is 22.8 Å². The number of thiophene rings is 1. The van der Waals surface area contributed by atoms with Crippen LogP contribution in [0.4, 0.5) is 4.39 Å². The van der Waals surface area contributed by atoms with Gasteiger partial charge in [-0.05, 0) is 42.8 Å². The number of methoxy groups -OCH3 is 1. The molecule has 1 unspecified atom stereocenters. The van der Waals surface area contributed by atoms with E-state index < -0.39 is 6.10 Å². The van der Waals surface area contributed by atoms with Crippen LogP contribution in [0, 0.1) is 5.82 Å². The van der Waals surface area contributed by atoms with Crippen LogP contribution in [0.3, 0.4) is 0 Å². The van der Waals surface area contributed by atoms with Gasteiger partial charge >= 0.3 is 0 Å². The zero-order valence-corrected chi connectivity index (χ0v) is 19.3. The molecule has 0 amide bonds. The van der Waals surface area contributed by atoms with Gasteiger partial charge in [0.15, 0.2) is 17.3 Å². The molecule has 0 saturated carbocycles. The standard InChI is InChI=1S/C26H24FNO5S/c1-32-25-14-16(8-11-24(25)33-13-12-29)22(30)9-10-23(31)21-7-3-6-20(28-21)18-15-34-26-17(18)4-2-5-19(26)27/h2-8,11,14-15,23,29,31H,9-10,12-13H2,1H3. The van der Waals surface area contributed by atoms with E-state index in [9.17, 15) is 14.3 Å². The molecule has 2 N–H and O–H groups in total. The van der Waals surface area contributed by atoms with Crippen molar-refractivity contribution in [2.45, 2.75) is 18.9 Å². The molecule has 0 radical (unpaired) electrons. The Hall–Kier alpha value is -3.33. The fraction of sp³-hybridized carbons (Fsp3) is 0.231. The molecule has 1 atom stereocenters. The van der Waals surface area contributed by atoms with Gasteiger partial charge in [0, 0.05) is 28.3 Å². The van der Waals surface area contributed by atoms with E-state index in [1.807, 2.05) is 17.5 Å². The number of aliphatic hydroxyl groups is 2. The van der Waals surface area contributed by atoms with Crippen LogP contribution in [0.2, 0.25) is 0 Å². The number of aromatic nitrogens is 1. The van der Waals surface area contributed by atoms with E-state index in [-0.39, 0.29) is 37.7 Å². The summed E-state index contributed by atoms with van der Waals surface area (Å²) in [6.45, 7) is -0.00545. The minimum atomic E-state index is -0.931. The third-order valence-corrected chi connectivity index (χ3v) is 6.42. The predicted molar refractivity (Wildman–Crippen MR) is 129 cm³/mol. The zero-order chi connectivity index (χ0) is 24.1. The van der Waals surface area contributed by atoms with Crippen molar-refractivity contribution in [1.82, 2.24) is 4.98 Å². The first kappa shape index (κ1) is 23.8. The summed E-state index contributed by atoms with van der Waals surface area (Å²) >= 11 is 1.32. The van der Waals surface area contributed by atoms with Gasteiger partial charge in [0.05, 0.1) is 35.9 Å². The van der Waals surface area contributed by atoms with Crippen LogP contribution in [-0.4, -0.2) is 41.3 Å². The molecule has 0 saturated heterocycles. The largest absolute Gasteiger partial charge is 0.493 e. The van der Waals surface area contributed by atoms with Gasteiger partial charge < -0.3 is 19.7 Å². The van der Waals surface area contributed by atoms with Gasteiger partial charge in [0.25, 0.3) is 0 Å². The highest BCUT2D eigenvalue weighted by Crippen LogP contribution is 2.35. The van der Waals surface area contributed by atoms with Gasteiger partial charge in [-0.1, -0.05) is 18.2 Å². The van der Waals surface area contributed by atoms with Crippen LogP contribution >= 0.6 is 11.3 Å². The maximum atomic E-state index is 14.1. The molecule has 6 nitrogen and oxygen atoms in total. The van der Waals surface area contributed by atoms with E-state index in [1.54, 1.807) is 36.4 Å². The summed E-state index contributed by atoms with van der Waals surface area (Å²) in [6, 6.07) is 15.1. The molecular weight excluding hydrogens is 457 g/mol. The number of hydrogen-bond donors (Lipinski definition) is 2. The Morgan fingerprint density at radius 1 is 1.15 bits per heavy atom. The average Bonchev–Trinajstić information content (AvgIpc) is 3.31. The van der Waals surface area contributed by atoms with Crippen LogP contribution in [0.15, 0.2) is 60.0 Å². The molecule has 4 rings (SSSR count). The lowest BCUT2D eigenvalue weighted by Gasteiger charge is -2.13. The predicted octanol–water partition coefficient (Wildman–Crippen LogP) is 5.18. The van der Waals surface area contributed by atoms with E-state index in [4.69, 9.17) is 14.6 Å². The molecule has 0 bridgehead atoms. The van der Waals surface area contributed by atoms with E-state index in [0.717, 1.165) is 10.9 Å². The lowest BCUT2D eigenvalue weighted by Crippen LogP contribution is -2.07. The molecule has 176 valence electrons. The summed E-state index contributed by atoms with van der Waals surface area (Å²) in [6.07, 6.45) is -0.626. The fourth-order valence-corrected chi connectivity index (χ4v) is 4.65. The Morgan fingerprint density at radius 2 is 1.97 bits per heavy atom. The van der Waals surface area contributed by atoms with Crippen LogP contribution in [0.25, 0.3) is 21.3 Å². The molecule has 0 aliphatic heterocycles. The minimum Gasteiger partial charge on any atom is -0.493 e. The maximum Gasteiger partial charge on any atom is 0.163 e. The lowest BCUT2D eigenvalue weighted by molar-refractivity contribution is 0.0937. The first-order chi connectivity index (χ1) is 16.5. The maximum absolute atomic E-state index is 14.1. The Morgan fingerprint density at radius 3 is 2.76 bits per heavy atom. The molecule has 8 heteroatoms. The summed E-state index contributed by atoms with van der Waals surface area (Å²) in [5.41, 5.74) is 2.34. The molecule has 0 aliphatic rings. The first-order valence-electron chi connectivity index (χ1n) is 10.8. The Kier molecular flexibility index (Phi) is 7.52. The van der Waals surface area contributed by atoms with Gasteiger partial charge in [0.2, 0.25) is 0 Å². The van der Waals surface area contributed by atoms with E-state index in [0.29, 0.717) is 33.2 Å². The molecule has 0 spiro atoms. The lowest BCUT2D eigenvalue weighted by atomic mass is 10.0. The number of fused-ring (bicyclic) bond motifs is 1. The van der Waals surface area contributed by atoms with Crippen LogP contribution < -0.4 is 9.47 Å². The summed E-state index contributed by atoms with van der Waals surface area (Å²) in [5.74, 6) is 0.415. The van der Waals surface area contributed by atoms with Crippen molar-refractivity contribution < 1.29 is 28.9 Å². The smallest absolute Gasteiger partial charge is 0.163 e. The zero-order valence-electron chi connectivity index (χ0n) is 18.5. The average molecular weight is 482 g/mol. The number of aliphatic hydroxyl groups excluding tert-OH is 2. The number of ether oxygens (including phenoxy) is 2. The Labute approximate surface area is 200 Å². The Bertz CT molecular complexity index is 1310. The van der Waals surface area contributed by atoms with Crippen molar-refractivity contribution in [3.63, 3.8) is 0 Å². The SMILES string of the molecule is COc1cc(C(=O)CCC(O)c2cccc(-c3csc4c(F)cccc34)n2)ccc1OCCO.